The molecule has 24 heavy (non-hydrogen) atoms. The van der Waals surface area contributed by atoms with Gasteiger partial charge in [0.2, 0.25) is 11.7 Å². The molecule has 1 aromatic heterocycles. The fourth-order valence-corrected chi connectivity index (χ4v) is 2.14. The normalized spacial score (nSPS) is 10.6. The van der Waals surface area contributed by atoms with Gasteiger partial charge in [0.25, 0.3) is 0 Å². The first kappa shape index (κ1) is 15.9. The maximum atomic E-state index is 12.9. The van der Waals surface area contributed by atoms with Gasteiger partial charge in [0.1, 0.15) is 11.6 Å². The number of rotatable bonds is 5. The smallest absolute Gasteiger partial charge is 0.311 e. The van der Waals surface area contributed by atoms with E-state index in [0.717, 1.165) is 5.56 Å². The topological polar surface area (TPSA) is 65.2 Å². The van der Waals surface area contributed by atoms with Crippen LogP contribution in [-0.4, -0.2) is 16.1 Å². The summed E-state index contributed by atoms with van der Waals surface area (Å²) in [6, 6.07) is 13.0. The molecular formula is C18H15FN2O3. The molecule has 0 aliphatic carbocycles. The van der Waals surface area contributed by atoms with Crippen molar-refractivity contribution in [1.29, 1.82) is 0 Å². The Kier molecular flexibility index (Phi) is 4.65. The van der Waals surface area contributed by atoms with Gasteiger partial charge in [0.05, 0.1) is 6.42 Å². The Hall–Kier alpha value is -3.02. The number of nitrogens with zero attached hydrogens (tertiary/aromatic N) is 2. The van der Waals surface area contributed by atoms with Crippen LogP contribution in [-0.2, 0) is 11.2 Å². The van der Waals surface area contributed by atoms with Crippen LogP contribution in [0.4, 0.5) is 4.39 Å². The predicted molar refractivity (Wildman–Crippen MR) is 84.8 cm³/mol. The van der Waals surface area contributed by atoms with E-state index in [1.54, 1.807) is 24.3 Å². The van der Waals surface area contributed by atoms with Crippen molar-refractivity contribution in [2.75, 3.05) is 0 Å². The number of carbonyl (C=O) groups is 1. The summed E-state index contributed by atoms with van der Waals surface area (Å²) in [6.07, 6.45) is 0.401. The molecule has 5 nitrogen and oxygen atoms in total. The van der Waals surface area contributed by atoms with E-state index in [9.17, 15) is 9.18 Å². The molecular weight excluding hydrogens is 311 g/mol. The van der Waals surface area contributed by atoms with Crippen molar-refractivity contribution in [3.63, 3.8) is 0 Å². The van der Waals surface area contributed by atoms with Gasteiger partial charge in [0.15, 0.2) is 0 Å². The zero-order valence-electron chi connectivity index (χ0n) is 13.0. The monoisotopic (exact) mass is 326 g/mol. The summed E-state index contributed by atoms with van der Waals surface area (Å²) in [5.41, 5.74) is 1.66. The third kappa shape index (κ3) is 4.04. The third-order valence-corrected chi connectivity index (χ3v) is 3.33. The SMILES string of the molecule is Cc1cccc(OC(=O)CCc2nc(-c3ccc(F)cc3)no2)c1. The van der Waals surface area contributed by atoms with E-state index < -0.39 is 0 Å². The number of carbonyl (C=O) groups excluding carboxylic acids is 1. The molecule has 0 N–H and O–H groups in total. The summed E-state index contributed by atoms with van der Waals surface area (Å²) < 4.78 is 23.3. The highest BCUT2D eigenvalue weighted by atomic mass is 19.1. The predicted octanol–water partition coefficient (Wildman–Crippen LogP) is 3.72. The van der Waals surface area contributed by atoms with Crippen LogP contribution in [0.2, 0.25) is 0 Å². The van der Waals surface area contributed by atoms with Crippen molar-refractivity contribution >= 4 is 5.97 Å². The van der Waals surface area contributed by atoms with Crippen LogP contribution >= 0.6 is 0 Å². The standard InChI is InChI=1S/C18H15FN2O3/c1-12-3-2-4-15(11-12)23-17(22)10-9-16-20-18(21-24-16)13-5-7-14(19)8-6-13/h2-8,11H,9-10H2,1H3. The summed E-state index contributed by atoms with van der Waals surface area (Å²) in [4.78, 5) is 16.1. The fourth-order valence-electron chi connectivity index (χ4n) is 2.14. The molecule has 0 spiro atoms. The largest absolute Gasteiger partial charge is 0.427 e. The zero-order chi connectivity index (χ0) is 16.9. The average molecular weight is 326 g/mol. The van der Waals surface area contributed by atoms with Crippen LogP contribution in [0.25, 0.3) is 11.4 Å². The Labute approximate surface area is 138 Å². The van der Waals surface area contributed by atoms with Crippen LogP contribution in [0, 0.1) is 12.7 Å². The minimum atomic E-state index is -0.373. The zero-order valence-corrected chi connectivity index (χ0v) is 13.0. The number of hydrogen-bond donors (Lipinski definition) is 0. The van der Waals surface area contributed by atoms with E-state index in [1.165, 1.54) is 12.1 Å². The molecule has 0 saturated heterocycles. The summed E-state index contributed by atoms with van der Waals surface area (Å²) in [6.45, 7) is 1.92. The summed E-state index contributed by atoms with van der Waals surface area (Å²) in [5.74, 6) is 0.494. The minimum absolute atomic E-state index is 0.124. The van der Waals surface area contributed by atoms with Gasteiger partial charge in [-0.05, 0) is 48.9 Å². The van der Waals surface area contributed by atoms with Gasteiger partial charge in [-0.1, -0.05) is 17.3 Å². The highest BCUT2D eigenvalue weighted by Crippen LogP contribution is 2.17. The van der Waals surface area contributed by atoms with Crippen LogP contribution < -0.4 is 4.74 Å². The van der Waals surface area contributed by atoms with Gasteiger partial charge in [-0.2, -0.15) is 4.98 Å². The Morgan fingerprint density at radius 2 is 2.00 bits per heavy atom. The molecule has 0 fully saturated rings. The molecule has 122 valence electrons. The van der Waals surface area contributed by atoms with Gasteiger partial charge in [-0.15, -0.1) is 0 Å². The molecule has 0 unspecified atom stereocenters. The molecule has 0 radical (unpaired) electrons. The molecule has 0 aliphatic rings. The van der Waals surface area contributed by atoms with Crippen molar-refractivity contribution in [1.82, 2.24) is 10.1 Å². The molecule has 2 aromatic carbocycles. The van der Waals surface area contributed by atoms with Crippen molar-refractivity contribution in [3.8, 4) is 17.1 Å². The molecule has 3 aromatic rings. The maximum absolute atomic E-state index is 12.9. The highest BCUT2D eigenvalue weighted by Gasteiger charge is 2.12. The Morgan fingerprint density at radius 3 is 2.75 bits per heavy atom. The lowest BCUT2D eigenvalue weighted by Gasteiger charge is -2.03. The second-order valence-corrected chi connectivity index (χ2v) is 5.31. The van der Waals surface area contributed by atoms with Gasteiger partial charge in [-0.25, -0.2) is 4.39 Å². The van der Waals surface area contributed by atoms with E-state index in [0.29, 0.717) is 23.0 Å². The Balaban J connectivity index is 1.57. The van der Waals surface area contributed by atoms with Gasteiger partial charge >= 0.3 is 5.97 Å². The second-order valence-electron chi connectivity index (χ2n) is 5.31. The van der Waals surface area contributed by atoms with Gasteiger partial charge in [-0.3, -0.25) is 4.79 Å². The van der Waals surface area contributed by atoms with Gasteiger partial charge in [0, 0.05) is 12.0 Å². The third-order valence-electron chi connectivity index (χ3n) is 3.33. The molecule has 0 atom stereocenters. The molecule has 1 heterocycles. The number of aromatic nitrogens is 2. The Bertz CT molecular complexity index is 843. The van der Waals surface area contributed by atoms with E-state index in [1.807, 2.05) is 19.1 Å². The van der Waals surface area contributed by atoms with Crippen LogP contribution in [0.15, 0.2) is 53.1 Å². The van der Waals surface area contributed by atoms with Crippen LogP contribution in [0.5, 0.6) is 5.75 Å². The van der Waals surface area contributed by atoms with E-state index in [2.05, 4.69) is 10.1 Å². The lowest BCUT2D eigenvalue weighted by Crippen LogP contribution is -2.09. The maximum Gasteiger partial charge on any atom is 0.311 e. The number of ether oxygens (including phenoxy) is 1. The highest BCUT2D eigenvalue weighted by molar-refractivity contribution is 5.72. The molecule has 0 amide bonds. The van der Waals surface area contributed by atoms with Crippen LogP contribution in [0.3, 0.4) is 0 Å². The first-order valence-corrected chi connectivity index (χ1v) is 7.46. The molecule has 3 rings (SSSR count). The van der Waals surface area contributed by atoms with E-state index >= 15 is 0 Å². The summed E-state index contributed by atoms with van der Waals surface area (Å²) >= 11 is 0. The molecule has 0 bridgehead atoms. The fraction of sp³-hybridized carbons (Fsp3) is 0.167. The summed E-state index contributed by atoms with van der Waals surface area (Å²) in [7, 11) is 0. The number of esters is 1. The lowest BCUT2D eigenvalue weighted by molar-refractivity contribution is -0.134. The van der Waals surface area contributed by atoms with Gasteiger partial charge < -0.3 is 9.26 Å². The summed E-state index contributed by atoms with van der Waals surface area (Å²) in [5, 5.41) is 3.83. The number of hydrogen-bond acceptors (Lipinski definition) is 5. The lowest BCUT2D eigenvalue weighted by atomic mass is 10.2. The Morgan fingerprint density at radius 1 is 1.21 bits per heavy atom. The first-order chi connectivity index (χ1) is 11.6. The molecule has 0 aliphatic heterocycles. The number of halogens is 1. The number of aryl methyl sites for hydroxylation is 2. The first-order valence-electron chi connectivity index (χ1n) is 7.46. The minimum Gasteiger partial charge on any atom is -0.427 e. The van der Waals surface area contributed by atoms with Crippen molar-refractivity contribution in [2.24, 2.45) is 0 Å². The molecule has 0 saturated carbocycles. The van der Waals surface area contributed by atoms with Crippen molar-refractivity contribution in [3.05, 3.63) is 65.8 Å². The van der Waals surface area contributed by atoms with Crippen molar-refractivity contribution < 1.29 is 18.4 Å². The second kappa shape index (κ2) is 7.04. The average Bonchev–Trinajstić information content (AvgIpc) is 3.03. The number of benzene rings is 2. The van der Waals surface area contributed by atoms with E-state index in [-0.39, 0.29) is 24.6 Å². The quantitative estimate of drug-likeness (QED) is 0.528. The molecule has 6 heteroatoms. The van der Waals surface area contributed by atoms with Crippen molar-refractivity contribution in [2.45, 2.75) is 19.8 Å². The van der Waals surface area contributed by atoms with Crippen LogP contribution in [0.1, 0.15) is 17.9 Å². The van der Waals surface area contributed by atoms with E-state index in [4.69, 9.17) is 9.26 Å².